The zero-order valence-electron chi connectivity index (χ0n) is 10.0. The molecule has 0 aromatic rings. The van der Waals surface area contributed by atoms with E-state index in [1.54, 1.807) is 7.11 Å². The number of ether oxygens (including phenoxy) is 1. The Balaban J connectivity index is 2.54. The van der Waals surface area contributed by atoms with Crippen LogP contribution in [-0.2, 0) is 14.8 Å². The van der Waals surface area contributed by atoms with Crippen LogP contribution in [0, 0.1) is 0 Å². The van der Waals surface area contributed by atoms with Crippen LogP contribution < -0.4 is 10.0 Å². The summed E-state index contributed by atoms with van der Waals surface area (Å²) in [4.78, 5) is 0. The molecule has 0 bridgehead atoms. The zero-order valence-corrected chi connectivity index (χ0v) is 10.8. The first-order valence-electron chi connectivity index (χ1n) is 5.81. The molecule has 1 rings (SSSR count). The molecule has 2 N–H and O–H groups in total. The second-order valence-corrected chi connectivity index (χ2v) is 6.17. The quantitative estimate of drug-likeness (QED) is 0.701. The van der Waals surface area contributed by atoms with E-state index in [1.807, 2.05) is 6.92 Å². The molecule has 0 spiro atoms. The van der Waals surface area contributed by atoms with Crippen molar-refractivity contribution in [3.05, 3.63) is 0 Å². The molecule has 6 heteroatoms. The third-order valence-corrected chi connectivity index (χ3v) is 4.93. The Morgan fingerprint density at radius 1 is 1.44 bits per heavy atom. The lowest BCUT2D eigenvalue weighted by atomic mass is 10.2. The lowest BCUT2D eigenvalue weighted by Gasteiger charge is -2.25. The first-order chi connectivity index (χ1) is 7.60. The summed E-state index contributed by atoms with van der Waals surface area (Å²) >= 11 is 0. The summed E-state index contributed by atoms with van der Waals surface area (Å²) in [6, 6.07) is -0.107. The molecule has 1 saturated heterocycles. The molecule has 1 aliphatic heterocycles. The molecule has 5 nitrogen and oxygen atoms in total. The van der Waals surface area contributed by atoms with Crippen molar-refractivity contribution in [3.63, 3.8) is 0 Å². The highest BCUT2D eigenvalue weighted by molar-refractivity contribution is 7.90. The lowest BCUT2D eigenvalue weighted by Crippen LogP contribution is -2.46. The van der Waals surface area contributed by atoms with Crippen LogP contribution in [-0.4, -0.2) is 46.5 Å². The van der Waals surface area contributed by atoms with Gasteiger partial charge in [-0.05, 0) is 32.4 Å². The minimum absolute atomic E-state index is 0.107. The molecule has 1 unspecified atom stereocenters. The van der Waals surface area contributed by atoms with Gasteiger partial charge in [0.25, 0.3) is 0 Å². The van der Waals surface area contributed by atoms with E-state index in [2.05, 4.69) is 10.0 Å². The predicted molar refractivity (Wildman–Crippen MR) is 63.9 cm³/mol. The Kier molecular flexibility index (Phi) is 5.68. The van der Waals surface area contributed by atoms with Crippen molar-refractivity contribution in [1.29, 1.82) is 0 Å². The van der Waals surface area contributed by atoms with Crippen molar-refractivity contribution in [2.24, 2.45) is 0 Å². The second-order valence-electron chi connectivity index (χ2n) is 4.17. The van der Waals surface area contributed by atoms with Gasteiger partial charge < -0.3 is 10.1 Å². The SMILES string of the molecule is CCC(COC)NS(=O)(=O)C1CCNCC1. The summed E-state index contributed by atoms with van der Waals surface area (Å²) in [6.07, 6.45) is 2.13. The standard InChI is InChI=1S/C10H22N2O3S/c1-3-9(8-15-2)12-16(13,14)10-4-6-11-7-5-10/h9-12H,3-8H2,1-2H3. The Hall–Kier alpha value is -0.170. The van der Waals surface area contributed by atoms with Gasteiger partial charge in [0.2, 0.25) is 10.0 Å². The van der Waals surface area contributed by atoms with Gasteiger partial charge in [-0.25, -0.2) is 13.1 Å². The summed E-state index contributed by atoms with van der Waals surface area (Å²) < 4.78 is 31.8. The maximum absolute atomic E-state index is 12.0. The molecule has 1 heterocycles. The van der Waals surface area contributed by atoms with E-state index in [4.69, 9.17) is 4.74 Å². The van der Waals surface area contributed by atoms with E-state index in [0.29, 0.717) is 19.4 Å². The largest absolute Gasteiger partial charge is 0.383 e. The van der Waals surface area contributed by atoms with Gasteiger partial charge in [0.15, 0.2) is 0 Å². The number of nitrogens with one attached hydrogen (secondary N) is 2. The van der Waals surface area contributed by atoms with E-state index in [0.717, 1.165) is 19.5 Å². The highest BCUT2D eigenvalue weighted by Gasteiger charge is 2.28. The number of hydrogen-bond donors (Lipinski definition) is 2. The molecule has 0 amide bonds. The van der Waals surface area contributed by atoms with E-state index < -0.39 is 10.0 Å². The van der Waals surface area contributed by atoms with E-state index >= 15 is 0 Å². The average molecular weight is 250 g/mol. The third-order valence-electron chi connectivity index (χ3n) is 2.92. The van der Waals surface area contributed by atoms with Crippen molar-refractivity contribution >= 4 is 10.0 Å². The lowest BCUT2D eigenvalue weighted by molar-refractivity contribution is 0.173. The molecule has 1 atom stereocenters. The molecular formula is C10H22N2O3S. The minimum atomic E-state index is -3.19. The third kappa shape index (κ3) is 4.01. The number of piperidine rings is 1. The first-order valence-corrected chi connectivity index (χ1v) is 7.35. The topological polar surface area (TPSA) is 67.4 Å². The fraction of sp³-hybridized carbons (Fsp3) is 1.00. The number of methoxy groups -OCH3 is 1. The molecule has 1 aliphatic rings. The summed E-state index contributed by atoms with van der Waals surface area (Å²) in [5.74, 6) is 0. The number of sulfonamides is 1. The highest BCUT2D eigenvalue weighted by Crippen LogP contribution is 2.13. The van der Waals surface area contributed by atoms with Gasteiger partial charge in [-0.2, -0.15) is 0 Å². The molecule has 0 saturated carbocycles. The Labute approximate surface area is 98.0 Å². The highest BCUT2D eigenvalue weighted by atomic mass is 32.2. The smallest absolute Gasteiger partial charge is 0.214 e. The Morgan fingerprint density at radius 2 is 2.06 bits per heavy atom. The predicted octanol–water partition coefficient (Wildman–Crippen LogP) is 0.0828. The van der Waals surface area contributed by atoms with Crippen molar-refractivity contribution in [3.8, 4) is 0 Å². The molecular weight excluding hydrogens is 228 g/mol. The molecule has 0 radical (unpaired) electrons. The van der Waals surface area contributed by atoms with Crippen molar-refractivity contribution in [2.75, 3.05) is 26.8 Å². The van der Waals surface area contributed by atoms with Gasteiger partial charge >= 0.3 is 0 Å². The molecule has 0 aliphatic carbocycles. The fourth-order valence-electron chi connectivity index (χ4n) is 1.87. The van der Waals surface area contributed by atoms with Gasteiger partial charge in [0, 0.05) is 13.2 Å². The van der Waals surface area contributed by atoms with Crippen LogP contribution >= 0.6 is 0 Å². The van der Waals surface area contributed by atoms with Gasteiger partial charge in [0.1, 0.15) is 0 Å². The van der Waals surface area contributed by atoms with Gasteiger partial charge in [-0.3, -0.25) is 0 Å². The summed E-state index contributed by atoms with van der Waals surface area (Å²) in [5.41, 5.74) is 0. The maximum Gasteiger partial charge on any atom is 0.214 e. The van der Waals surface area contributed by atoms with Gasteiger partial charge in [-0.1, -0.05) is 6.92 Å². The van der Waals surface area contributed by atoms with E-state index in [-0.39, 0.29) is 11.3 Å². The first kappa shape index (κ1) is 13.9. The molecule has 0 aromatic carbocycles. The Morgan fingerprint density at radius 3 is 2.56 bits per heavy atom. The van der Waals surface area contributed by atoms with Crippen molar-refractivity contribution in [1.82, 2.24) is 10.0 Å². The van der Waals surface area contributed by atoms with E-state index in [9.17, 15) is 8.42 Å². The van der Waals surface area contributed by atoms with Crippen LogP contribution in [0.2, 0.25) is 0 Å². The van der Waals surface area contributed by atoms with Crippen LogP contribution in [0.1, 0.15) is 26.2 Å². The monoisotopic (exact) mass is 250 g/mol. The second kappa shape index (κ2) is 6.54. The maximum atomic E-state index is 12.0. The average Bonchev–Trinajstić information content (AvgIpc) is 2.29. The number of rotatable bonds is 6. The van der Waals surface area contributed by atoms with Crippen LogP contribution in [0.25, 0.3) is 0 Å². The Bertz CT molecular complexity index is 286. The van der Waals surface area contributed by atoms with Crippen LogP contribution in [0.5, 0.6) is 0 Å². The van der Waals surface area contributed by atoms with Crippen molar-refractivity contribution in [2.45, 2.75) is 37.5 Å². The fourth-order valence-corrected chi connectivity index (χ4v) is 3.62. The minimum Gasteiger partial charge on any atom is -0.383 e. The van der Waals surface area contributed by atoms with Crippen LogP contribution in [0.4, 0.5) is 0 Å². The van der Waals surface area contributed by atoms with Gasteiger partial charge in [0.05, 0.1) is 11.9 Å². The van der Waals surface area contributed by atoms with Crippen LogP contribution in [0.15, 0.2) is 0 Å². The summed E-state index contributed by atoms with van der Waals surface area (Å²) in [7, 11) is -1.60. The number of hydrogen-bond acceptors (Lipinski definition) is 4. The zero-order chi connectivity index (χ0) is 12.0. The summed E-state index contributed by atoms with van der Waals surface area (Å²) in [5, 5.41) is 2.91. The van der Waals surface area contributed by atoms with Crippen molar-refractivity contribution < 1.29 is 13.2 Å². The summed E-state index contributed by atoms with van der Waals surface area (Å²) in [6.45, 7) is 3.95. The molecule has 96 valence electrons. The normalized spacial score (nSPS) is 20.9. The molecule has 16 heavy (non-hydrogen) atoms. The van der Waals surface area contributed by atoms with Crippen LogP contribution in [0.3, 0.4) is 0 Å². The van der Waals surface area contributed by atoms with Gasteiger partial charge in [-0.15, -0.1) is 0 Å². The molecule has 1 fully saturated rings. The van der Waals surface area contributed by atoms with E-state index in [1.165, 1.54) is 0 Å². The molecule has 0 aromatic heterocycles.